The van der Waals surface area contributed by atoms with Gasteiger partial charge in [0.1, 0.15) is 0 Å². The van der Waals surface area contributed by atoms with Crippen molar-refractivity contribution in [1.29, 1.82) is 0 Å². The summed E-state index contributed by atoms with van der Waals surface area (Å²) < 4.78 is 2.01. The largest absolute Gasteiger partial charge is 0.298 e. The highest BCUT2D eigenvalue weighted by Gasteiger charge is 2.13. The molecule has 3 aromatic rings. The highest BCUT2D eigenvalue weighted by molar-refractivity contribution is 7.12. The van der Waals surface area contributed by atoms with Crippen LogP contribution < -0.4 is 0 Å². The number of nitrogens with zero attached hydrogens (tertiary/aromatic N) is 2. The number of carbonyl (C=O) groups excluding carboxylic acids is 1. The molecule has 0 N–H and O–H groups in total. The van der Waals surface area contributed by atoms with E-state index in [1.807, 2.05) is 54.1 Å². The van der Waals surface area contributed by atoms with E-state index < -0.39 is 0 Å². The monoisotopic (exact) mass is 316 g/mol. The second-order valence-electron chi connectivity index (χ2n) is 4.80. The molecule has 0 unspecified atom stereocenters. The third kappa shape index (κ3) is 2.52. The van der Waals surface area contributed by atoms with Crippen LogP contribution in [0.4, 0.5) is 0 Å². The van der Waals surface area contributed by atoms with Crippen LogP contribution in [0, 0.1) is 13.8 Å². The number of aldehydes is 1. The molecular formula is C16H13ClN2OS. The van der Waals surface area contributed by atoms with Crippen molar-refractivity contribution < 1.29 is 4.79 Å². The fourth-order valence-corrected chi connectivity index (χ4v) is 3.39. The number of aryl methyl sites for hydroxylation is 1. The van der Waals surface area contributed by atoms with Crippen LogP contribution in [0.5, 0.6) is 0 Å². The van der Waals surface area contributed by atoms with E-state index in [1.54, 1.807) is 11.3 Å². The maximum atomic E-state index is 11.0. The Labute approximate surface area is 131 Å². The molecule has 3 nitrogen and oxygen atoms in total. The first-order chi connectivity index (χ1) is 10.1. The molecule has 106 valence electrons. The summed E-state index contributed by atoms with van der Waals surface area (Å²) in [4.78, 5) is 15.7. The summed E-state index contributed by atoms with van der Waals surface area (Å²) in [5.74, 6) is 0. The zero-order valence-corrected chi connectivity index (χ0v) is 13.2. The molecule has 0 amide bonds. The standard InChI is InChI=1S/C16H13ClN2OS/c1-10-7-13(8-20)11(2)19(10)16-18-15(9-21-16)12-3-5-14(17)6-4-12/h3-9H,1-2H3. The average molecular weight is 317 g/mol. The fraction of sp³-hybridized carbons (Fsp3) is 0.125. The van der Waals surface area contributed by atoms with Gasteiger partial charge >= 0.3 is 0 Å². The summed E-state index contributed by atoms with van der Waals surface area (Å²) in [5, 5.41) is 3.59. The molecule has 0 saturated carbocycles. The van der Waals surface area contributed by atoms with E-state index in [2.05, 4.69) is 4.98 Å². The smallest absolute Gasteiger partial charge is 0.194 e. The molecule has 0 atom stereocenters. The van der Waals surface area contributed by atoms with E-state index >= 15 is 0 Å². The average Bonchev–Trinajstić information content (AvgIpc) is 3.04. The molecule has 2 aromatic heterocycles. The highest BCUT2D eigenvalue weighted by atomic mass is 35.5. The molecule has 0 fully saturated rings. The summed E-state index contributed by atoms with van der Waals surface area (Å²) in [6, 6.07) is 9.49. The van der Waals surface area contributed by atoms with Crippen molar-refractivity contribution in [3.05, 3.63) is 57.7 Å². The molecule has 5 heteroatoms. The van der Waals surface area contributed by atoms with Gasteiger partial charge in [0, 0.05) is 32.9 Å². The second kappa shape index (κ2) is 5.47. The van der Waals surface area contributed by atoms with Gasteiger partial charge in [-0.2, -0.15) is 0 Å². The first-order valence-corrected chi connectivity index (χ1v) is 7.72. The lowest BCUT2D eigenvalue weighted by molar-refractivity contribution is 0.112. The van der Waals surface area contributed by atoms with Crippen LogP contribution in [0.2, 0.25) is 5.02 Å². The van der Waals surface area contributed by atoms with Crippen LogP contribution in [0.15, 0.2) is 35.7 Å². The van der Waals surface area contributed by atoms with Crippen LogP contribution >= 0.6 is 22.9 Å². The van der Waals surface area contributed by atoms with Gasteiger partial charge in [-0.1, -0.05) is 23.7 Å². The van der Waals surface area contributed by atoms with E-state index in [0.717, 1.165) is 34.1 Å². The molecule has 1 aromatic carbocycles. The van der Waals surface area contributed by atoms with Crippen LogP contribution in [-0.2, 0) is 0 Å². The van der Waals surface area contributed by atoms with Crippen molar-refractivity contribution in [3.63, 3.8) is 0 Å². The summed E-state index contributed by atoms with van der Waals surface area (Å²) in [6.45, 7) is 3.91. The Kier molecular flexibility index (Phi) is 3.66. The first-order valence-electron chi connectivity index (χ1n) is 6.46. The molecule has 3 rings (SSSR count). The van der Waals surface area contributed by atoms with Crippen molar-refractivity contribution in [1.82, 2.24) is 9.55 Å². The number of hydrogen-bond donors (Lipinski definition) is 0. The van der Waals surface area contributed by atoms with Gasteiger partial charge in [0.2, 0.25) is 0 Å². The SMILES string of the molecule is Cc1cc(C=O)c(C)n1-c1nc(-c2ccc(Cl)cc2)cs1. The number of benzene rings is 1. The molecule has 0 spiro atoms. The van der Waals surface area contributed by atoms with Crippen molar-refractivity contribution in [2.24, 2.45) is 0 Å². The third-order valence-corrected chi connectivity index (χ3v) is 4.50. The van der Waals surface area contributed by atoms with Gasteiger partial charge < -0.3 is 0 Å². The number of hydrogen-bond acceptors (Lipinski definition) is 3. The van der Waals surface area contributed by atoms with Gasteiger partial charge in [-0.25, -0.2) is 4.98 Å². The van der Waals surface area contributed by atoms with Crippen molar-refractivity contribution in [2.75, 3.05) is 0 Å². The molecule has 2 heterocycles. The van der Waals surface area contributed by atoms with E-state index in [9.17, 15) is 4.79 Å². The van der Waals surface area contributed by atoms with E-state index in [-0.39, 0.29) is 0 Å². The molecule has 0 aliphatic rings. The van der Waals surface area contributed by atoms with E-state index in [1.165, 1.54) is 0 Å². The van der Waals surface area contributed by atoms with Crippen LogP contribution in [0.25, 0.3) is 16.4 Å². The predicted molar refractivity (Wildman–Crippen MR) is 86.7 cm³/mol. The van der Waals surface area contributed by atoms with Crippen molar-refractivity contribution >= 4 is 29.2 Å². The predicted octanol–water partition coefficient (Wildman–Crippen LogP) is 4.68. The third-order valence-electron chi connectivity index (χ3n) is 3.42. The number of aromatic nitrogens is 2. The maximum absolute atomic E-state index is 11.0. The molecule has 0 bridgehead atoms. The van der Waals surface area contributed by atoms with Gasteiger partial charge in [-0.3, -0.25) is 9.36 Å². The maximum Gasteiger partial charge on any atom is 0.194 e. The quantitative estimate of drug-likeness (QED) is 0.657. The minimum Gasteiger partial charge on any atom is -0.298 e. The number of halogens is 1. The molecule has 0 aliphatic carbocycles. The summed E-state index contributed by atoms with van der Waals surface area (Å²) in [5.41, 5.74) is 4.56. The fourth-order valence-electron chi connectivity index (χ4n) is 2.32. The lowest BCUT2D eigenvalue weighted by Gasteiger charge is -2.04. The Bertz CT molecular complexity index is 802. The Morgan fingerprint density at radius 1 is 1.24 bits per heavy atom. The zero-order chi connectivity index (χ0) is 15.0. The van der Waals surface area contributed by atoms with Crippen LogP contribution in [-0.4, -0.2) is 15.8 Å². The van der Waals surface area contributed by atoms with Crippen molar-refractivity contribution in [3.8, 4) is 16.4 Å². The van der Waals surface area contributed by atoms with Gasteiger partial charge in [0.15, 0.2) is 11.4 Å². The highest BCUT2D eigenvalue weighted by Crippen LogP contribution is 2.28. The number of rotatable bonds is 3. The molecule has 21 heavy (non-hydrogen) atoms. The first kappa shape index (κ1) is 14.0. The minimum absolute atomic E-state index is 0.704. The summed E-state index contributed by atoms with van der Waals surface area (Å²) >= 11 is 7.46. The summed E-state index contributed by atoms with van der Waals surface area (Å²) in [7, 11) is 0. The molecule has 0 saturated heterocycles. The minimum atomic E-state index is 0.704. The number of carbonyl (C=O) groups is 1. The van der Waals surface area contributed by atoms with Gasteiger partial charge in [0.05, 0.1) is 5.69 Å². The number of thiazole rings is 1. The zero-order valence-electron chi connectivity index (χ0n) is 11.6. The Balaban J connectivity index is 2.04. The Morgan fingerprint density at radius 3 is 2.57 bits per heavy atom. The van der Waals surface area contributed by atoms with Gasteiger partial charge in [0.25, 0.3) is 0 Å². The van der Waals surface area contributed by atoms with E-state index in [0.29, 0.717) is 10.6 Å². The molecular weight excluding hydrogens is 304 g/mol. The van der Waals surface area contributed by atoms with Gasteiger partial charge in [-0.15, -0.1) is 11.3 Å². The van der Waals surface area contributed by atoms with Crippen LogP contribution in [0.1, 0.15) is 21.7 Å². The lowest BCUT2D eigenvalue weighted by atomic mass is 10.2. The molecule has 0 radical (unpaired) electrons. The van der Waals surface area contributed by atoms with Crippen molar-refractivity contribution in [2.45, 2.75) is 13.8 Å². The second-order valence-corrected chi connectivity index (χ2v) is 6.07. The topological polar surface area (TPSA) is 34.9 Å². The summed E-state index contributed by atoms with van der Waals surface area (Å²) in [6.07, 6.45) is 0.881. The lowest BCUT2D eigenvalue weighted by Crippen LogP contribution is -1.99. The Hall–Kier alpha value is -1.91. The van der Waals surface area contributed by atoms with Gasteiger partial charge in [-0.05, 0) is 32.0 Å². The molecule has 0 aliphatic heterocycles. The van der Waals surface area contributed by atoms with E-state index in [4.69, 9.17) is 11.6 Å². The van der Waals surface area contributed by atoms with Crippen LogP contribution in [0.3, 0.4) is 0 Å². The Morgan fingerprint density at radius 2 is 1.95 bits per heavy atom. The normalized spacial score (nSPS) is 10.8.